The lowest BCUT2D eigenvalue weighted by molar-refractivity contribution is -0.121. The molecule has 33 heavy (non-hydrogen) atoms. The van der Waals surface area contributed by atoms with Crippen molar-refractivity contribution in [3.8, 4) is 11.5 Å². The second-order valence-electron chi connectivity index (χ2n) is 7.30. The maximum atomic E-state index is 13.4. The molecule has 3 rings (SSSR count). The van der Waals surface area contributed by atoms with E-state index in [4.69, 9.17) is 14.3 Å². The zero-order valence-electron chi connectivity index (χ0n) is 18.4. The number of methoxy groups -OCH3 is 1. The molecule has 1 N–H and O–H groups in total. The van der Waals surface area contributed by atoms with E-state index in [1.54, 1.807) is 37.3 Å². The summed E-state index contributed by atoms with van der Waals surface area (Å²) in [6.07, 6.45) is 1.37. The molecule has 10 nitrogen and oxygen atoms in total. The van der Waals surface area contributed by atoms with E-state index in [9.17, 15) is 22.8 Å². The molecular weight excluding hydrogens is 452 g/mol. The van der Waals surface area contributed by atoms with E-state index in [1.165, 1.54) is 13.2 Å². The van der Waals surface area contributed by atoms with E-state index in [0.29, 0.717) is 35.6 Å². The third-order valence-corrected chi connectivity index (χ3v) is 5.96. The summed E-state index contributed by atoms with van der Waals surface area (Å²) in [5.74, 6) is -0.954. The Hall–Kier alpha value is -3.44. The van der Waals surface area contributed by atoms with Gasteiger partial charge in [-0.15, -0.1) is 0 Å². The number of hydrogen-bond acceptors (Lipinski definition) is 8. The Balaban J connectivity index is 2.08. The Morgan fingerprint density at radius 3 is 2.52 bits per heavy atom. The molecule has 0 saturated heterocycles. The zero-order chi connectivity index (χ0) is 24.2. The molecule has 3 amide bonds. The van der Waals surface area contributed by atoms with E-state index in [1.807, 2.05) is 5.48 Å². The average molecular weight is 477 g/mol. The molecule has 2 aromatic rings. The molecule has 11 heteroatoms. The molecule has 1 aliphatic heterocycles. The van der Waals surface area contributed by atoms with Crippen molar-refractivity contribution < 1.29 is 37.1 Å². The molecule has 0 spiro atoms. The van der Waals surface area contributed by atoms with Gasteiger partial charge in [0, 0.05) is 6.26 Å². The quantitative estimate of drug-likeness (QED) is 0.224. The molecule has 0 aliphatic carbocycles. The van der Waals surface area contributed by atoms with E-state index in [2.05, 4.69) is 0 Å². The van der Waals surface area contributed by atoms with Crippen molar-refractivity contribution >= 4 is 28.1 Å². The van der Waals surface area contributed by atoms with Crippen LogP contribution in [0.3, 0.4) is 0 Å². The number of ether oxygens (including phenoxy) is 2. The second kappa shape index (κ2) is 10.0. The van der Waals surface area contributed by atoms with Gasteiger partial charge in [-0.2, -0.15) is 0 Å². The van der Waals surface area contributed by atoms with Crippen LogP contribution >= 0.6 is 0 Å². The molecule has 0 saturated carbocycles. The van der Waals surface area contributed by atoms with Crippen molar-refractivity contribution in [2.24, 2.45) is 0 Å². The first-order valence-corrected chi connectivity index (χ1v) is 12.1. The molecule has 0 aromatic heterocycles. The molecular formula is C22H24N2O8S. The summed E-state index contributed by atoms with van der Waals surface area (Å²) in [4.78, 5) is 43.0. The van der Waals surface area contributed by atoms with Crippen LogP contribution in [0.1, 0.15) is 44.8 Å². The lowest BCUT2D eigenvalue weighted by atomic mass is 10.0. The number of fused-ring (bicyclic) bond motifs is 1. The largest absolute Gasteiger partial charge is 0.493 e. The number of amides is 3. The molecule has 1 aliphatic rings. The van der Waals surface area contributed by atoms with Crippen LogP contribution in [-0.2, 0) is 26.1 Å². The first kappa shape index (κ1) is 24.2. The van der Waals surface area contributed by atoms with Crippen molar-refractivity contribution in [3.63, 3.8) is 0 Å². The summed E-state index contributed by atoms with van der Waals surface area (Å²) < 4.78 is 35.4. The molecule has 0 fully saturated rings. The highest BCUT2D eigenvalue weighted by molar-refractivity contribution is 7.90. The van der Waals surface area contributed by atoms with Crippen molar-refractivity contribution in [2.45, 2.75) is 19.6 Å². The van der Waals surface area contributed by atoms with Gasteiger partial charge >= 0.3 is 0 Å². The van der Waals surface area contributed by atoms with Gasteiger partial charge in [0.25, 0.3) is 11.8 Å². The van der Waals surface area contributed by atoms with Gasteiger partial charge in [-0.3, -0.25) is 24.1 Å². The Morgan fingerprint density at radius 2 is 1.88 bits per heavy atom. The number of hydrogen-bond donors (Lipinski definition) is 1. The number of rotatable bonds is 11. The maximum absolute atomic E-state index is 13.4. The summed E-state index contributed by atoms with van der Waals surface area (Å²) in [7, 11) is -2.13. The van der Waals surface area contributed by atoms with Gasteiger partial charge in [0.05, 0.1) is 36.6 Å². The van der Waals surface area contributed by atoms with E-state index in [0.717, 1.165) is 11.2 Å². The Labute approximate surface area is 191 Å². The summed E-state index contributed by atoms with van der Waals surface area (Å²) in [6, 6.07) is 8.32. The van der Waals surface area contributed by atoms with Crippen LogP contribution < -0.4 is 15.0 Å². The lowest BCUT2D eigenvalue weighted by Crippen LogP contribution is -2.37. The van der Waals surface area contributed by atoms with Gasteiger partial charge in [-0.05, 0) is 36.2 Å². The number of benzene rings is 2. The van der Waals surface area contributed by atoms with Gasteiger partial charge in [-0.1, -0.05) is 18.2 Å². The number of carbonyl (C=O) groups excluding carboxylic acids is 3. The highest BCUT2D eigenvalue weighted by Gasteiger charge is 2.43. The minimum atomic E-state index is -3.60. The summed E-state index contributed by atoms with van der Waals surface area (Å²) in [5, 5.41) is 0. The number of nitrogens with one attached hydrogen (secondary N) is 1. The lowest BCUT2D eigenvalue weighted by Gasteiger charge is -2.27. The van der Waals surface area contributed by atoms with E-state index >= 15 is 0 Å². The number of imide groups is 1. The van der Waals surface area contributed by atoms with Gasteiger partial charge in [0.2, 0.25) is 6.41 Å². The minimum absolute atomic E-state index is 0.104. The third-order valence-electron chi connectivity index (χ3n) is 5.04. The first-order valence-electron chi connectivity index (χ1n) is 10.0. The topological polar surface area (TPSA) is 128 Å². The summed E-state index contributed by atoms with van der Waals surface area (Å²) in [5.41, 5.74) is 3.05. The van der Waals surface area contributed by atoms with Crippen molar-refractivity contribution in [1.82, 2.24) is 10.4 Å². The van der Waals surface area contributed by atoms with Crippen LogP contribution in [0.25, 0.3) is 0 Å². The van der Waals surface area contributed by atoms with Crippen LogP contribution in [-0.4, -0.2) is 57.3 Å². The van der Waals surface area contributed by atoms with E-state index < -0.39 is 33.4 Å². The SMILES string of the molecule is CCOc1cc(C(CS(C)(=O)=O)N2C(=O)c3cccc(CONC=O)c3C2=O)ccc1OC. The van der Waals surface area contributed by atoms with Crippen LogP contribution in [0.2, 0.25) is 0 Å². The van der Waals surface area contributed by atoms with Crippen LogP contribution in [0.15, 0.2) is 36.4 Å². The van der Waals surface area contributed by atoms with Crippen molar-refractivity contribution in [3.05, 3.63) is 58.7 Å². The molecule has 176 valence electrons. The zero-order valence-corrected chi connectivity index (χ0v) is 19.2. The highest BCUT2D eigenvalue weighted by Crippen LogP contribution is 2.37. The molecule has 1 heterocycles. The third kappa shape index (κ3) is 5.15. The van der Waals surface area contributed by atoms with Crippen molar-refractivity contribution in [1.29, 1.82) is 0 Å². The van der Waals surface area contributed by atoms with Gasteiger partial charge < -0.3 is 9.47 Å². The molecule has 1 unspecified atom stereocenters. The normalized spacial score (nSPS) is 14.1. The smallest absolute Gasteiger partial charge is 0.262 e. The molecule has 0 bridgehead atoms. The summed E-state index contributed by atoms with van der Waals surface area (Å²) in [6.45, 7) is 1.97. The highest BCUT2D eigenvalue weighted by atomic mass is 32.2. The number of nitrogens with zero attached hydrogens (tertiary/aromatic N) is 1. The fourth-order valence-corrected chi connectivity index (χ4v) is 4.62. The first-order chi connectivity index (χ1) is 15.7. The molecule has 1 atom stereocenters. The Bertz CT molecular complexity index is 1180. The van der Waals surface area contributed by atoms with Gasteiger partial charge in [-0.25, -0.2) is 13.9 Å². The predicted octanol–water partition coefficient (Wildman–Crippen LogP) is 1.65. The number of sulfone groups is 1. The van der Waals surface area contributed by atoms with E-state index in [-0.39, 0.29) is 17.7 Å². The van der Waals surface area contributed by atoms with Gasteiger partial charge in [0.1, 0.15) is 16.4 Å². The monoisotopic (exact) mass is 476 g/mol. The van der Waals surface area contributed by atoms with Gasteiger partial charge in [0.15, 0.2) is 11.5 Å². The molecule has 2 aromatic carbocycles. The predicted molar refractivity (Wildman–Crippen MR) is 118 cm³/mol. The Morgan fingerprint density at radius 1 is 1.12 bits per heavy atom. The standard InChI is InChI=1S/C22H24N2O8S/c1-4-31-19-10-14(8-9-18(19)30-2)17(12-33(3,28)29)24-21(26)16-7-5-6-15(11-32-23-13-25)20(16)22(24)27/h5-10,13,17H,4,11-12H2,1-3H3,(H,23,25). The minimum Gasteiger partial charge on any atom is -0.493 e. The fourth-order valence-electron chi connectivity index (χ4n) is 3.71. The Kier molecular flexibility index (Phi) is 7.34. The van der Waals surface area contributed by atoms with Crippen molar-refractivity contribution in [2.75, 3.05) is 25.7 Å². The maximum Gasteiger partial charge on any atom is 0.262 e. The number of hydroxylamine groups is 1. The second-order valence-corrected chi connectivity index (χ2v) is 9.48. The number of carbonyl (C=O) groups is 3. The molecule has 0 radical (unpaired) electrons. The van der Waals surface area contributed by atoms with Crippen LogP contribution in [0, 0.1) is 0 Å². The summed E-state index contributed by atoms with van der Waals surface area (Å²) >= 11 is 0. The van der Waals surface area contributed by atoms with Crippen LogP contribution in [0.4, 0.5) is 0 Å². The van der Waals surface area contributed by atoms with Crippen LogP contribution in [0.5, 0.6) is 11.5 Å². The fraction of sp³-hybridized carbons (Fsp3) is 0.318. The average Bonchev–Trinajstić information content (AvgIpc) is 3.02.